The van der Waals surface area contributed by atoms with Crippen molar-refractivity contribution < 1.29 is 9.15 Å². The van der Waals surface area contributed by atoms with Crippen molar-refractivity contribution in [1.82, 2.24) is 25.9 Å². The van der Waals surface area contributed by atoms with Crippen molar-refractivity contribution in [1.29, 1.82) is 0 Å². The van der Waals surface area contributed by atoms with Crippen LogP contribution in [-0.4, -0.2) is 31.8 Å². The average Bonchev–Trinajstić information content (AvgIpc) is 2.86. The highest BCUT2D eigenvalue weighted by atomic mass is 32.1. The molecule has 0 aliphatic rings. The first-order chi connectivity index (χ1) is 8.16. The molecule has 0 fully saturated rings. The Bertz CT molecular complexity index is 560. The summed E-state index contributed by atoms with van der Waals surface area (Å²) in [5, 5.41) is 14.1. The van der Waals surface area contributed by atoms with Crippen molar-refractivity contribution >= 4 is 29.4 Å². The molecule has 0 saturated carbocycles. The molecule has 0 spiro atoms. The predicted octanol–water partition coefficient (Wildman–Crippen LogP) is -1.13. The van der Waals surface area contributed by atoms with Crippen LogP contribution >= 0.6 is 12.2 Å². The van der Waals surface area contributed by atoms with Crippen LogP contribution in [0.5, 0.6) is 0 Å². The number of rotatable bonds is 3. The first-order valence-electron chi connectivity index (χ1n) is 4.17. The third-order valence-corrected chi connectivity index (χ3v) is 1.61. The number of hydrogen-bond donors (Lipinski definition) is 3. The number of thiocarbonyl (C=S) groups is 1. The summed E-state index contributed by atoms with van der Waals surface area (Å²) < 4.78 is 9.22. The summed E-state index contributed by atoms with van der Waals surface area (Å²) in [6, 6.07) is 0. The van der Waals surface area contributed by atoms with Crippen molar-refractivity contribution in [2.75, 3.05) is 5.73 Å². The van der Waals surface area contributed by atoms with Gasteiger partial charge in [-0.05, 0) is 22.5 Å². The van der Waals surface area contributed by atoms with Gasteiger partial charge in [-0.25, -0.2) is 4.63 Å². The van der Waals surface area contributed by atoms with E-state index in [1.165, 1.54) is 6.21 Å². The topological polar surface area (TPSA) is 154 Å². The number of hydrazone groups is 1. The molecule has 2 rings (SSSR count). The molecule has 0 aliphatic carbocycles. The van der Waals surface area contributed by atoms with Crippen molar-refractivity contribution in [2.45, 2.75) is 0 Å². The first kappa shape index (κ1) is 10.9. The summed E-state index contributed by atoms with van der Waals surface area (Å²) in [7, 11) is 0. The molecule has 11 heteroatoms. The van der Waals surface area contributed by atoms with Crippen molar-refractivity contribution in [3.05, 3.63) is 5.89 Å². The van der Waals surface area contributed by atoms with Gasteiger partial charge in [-0.3, -0.25) is 5.43 Å². The highest BCUT2D eigenvalue weighted by Crippen LogP contribution is 2.17. The van der Waals surface area contributed by atoms with E-state index in [9.17, 15) is 0 Å². The lowest BCUT2D eigenvalue weighted by Gasteiger charge is -1.90. The van der Waals surface area contributed by atoms with Gasteiger partial charge in [0, 0.05) is 0 Å². The fourth-order valence-electron chi connectivity index (χ4n) is 0.886. The summed E-state index contributed by atoms with van der Waals surface area (Å²) in [6.07, 6.45) is 1.24. The summed E-state index contributed by atoms with van der Waals surface area (Å²) in [5.74, 6) is 0.322. The van der Waals surface area contributed by atoms with E-state index in [-0.39, 0.29) is 28.3 Å². The van der Waals surface area contributed by atoms with Crippen LogP contribution in [0.1, 0.15) is 5.89 Å². The maximum absolute atomic E-state index is 5.45. The van der Waals surface area contributed by atoms with E-state index in [1.54, 1.807) is 0 Å². The molecule has 2 aromatic rings. The molecule has 5 N–H and O–H groups in total. The Balaban J connectivity index is 2.14. The molecular weight excluding hydrogens is 248 g/mol. The van der Waals surface area contributed by atoms with Gasteiger partial charge >= 0.3 is 0 Å². The molecule has 0 aromatic carbocycles. The minimum Gasteiger partial charge on any atom is -0.379 e. The van der Waals surface area contributed by atoms with Crippen LogP contribution in [0.4, 0.5) is 5.82 Å². The van der Waals surface area contributed by atoms with E-state index < -0.39 is 0 Å². The average molecular weight is 254 g/mol. The number of nitrogens with two attached hydrogens (primary N) is 2. The summed E-state index contributed by atoms with van der Waals surface area (Å²) in [4.78, 5) is 3.92. The quantitative estimate of drug-likeness (QED) is 0.348. The molecule has 0 unspecified atom stereocenters. The van der Waals surface area contributed by atoms with Crippen LogP contribution in [0.25, 0.3) is 11.5 Å². The van der Waals surface area contributed by atoms with Crippen molar-refractivity contribution in [3.63, 3.8) is 0 Å². The lowest BCUT2D eigenvalue weighted by molar-refractivity contribution is 0.310. The molecule has 17 heavy (non-hydrogen) atoms. The second-order valence-electron chi connectivity index (χ2n) is 2.69. The van der Waals surface area contributed by atoms with E-state index in [0.29, 0.717) is 0 Å². The highest BCUT2D eigenvalue weighted by Gasteiger charge is 2.15. The van der Waals surface area contributed by atoms with Crippen molar-refractivity contribution in [2.24, 2.45) is 10.8 Å². The van der Waals surface area contributed by atoms with Gasteiger partial charge in [0.05, 0.1) is 0 Å². The molecule has 10 nitrogen and oxygen atoms in total. The highest BCUT2D eigenvalue weighted by molar-refractivity contribution is 7.80. The predicted molar refractivity (Wildman–Crippen MR) is 59.5 cm³/mol. The largest absolute Gasteiger partial charge is 0.379 e. The fraction of sp³-hybridized carbons (Fsp3) is 0. The Labute approximate surface area is 99.0 Å². The number of nitrogen functional groups attached to an aromatic ring is 1. The minimum atomic E-state index is 0.0194. The van der Waals surface area contributed by atoms with Gasteiger partial charge in [-0.15, -0.1) is 0 Å². The van der Waals surface area contributed by atoms with Gasteiger partial charge in [0.2, 0.25) is 5.82 Å². The van der Waals surface area contributed by atoms with Gasteiger partial charge < -0.3 is 16.0 Å². The number of aromatic nitrogens is 4. The van der Waals surface area contributed by atoms with Gasteiger partial charge in [0.25, 0.3) is 5.89 Å². The maximum atomic E-state index is 5.45. The lowest BCUT2D eigenvalue weighted by atomic mass is 10.4. The third-order valence-electron chi connectivity index (χ3n) is 1.52. The number of nitrogens with zero attached hydrogens (tertiary/aromatic N) is 5. The molecule has 0 bridgehead atoms. The van der Waals surface area contributed by atoms with Gasteiger partial charge in [-0.2, -0.15) is 10.1 Å². The molecule has 2 aromatic heterocycles. The normalized spacial score (nSPS) is 10.8. The Hall–Kier alpha value is -2.56. The van der Waals surface area contributed by atoms with Crippen LogP contribution in [0.2, 0.25) is 0 Å². The standard InChI is InChI=1S/C6H6N8O2S/c7-4-3(12-16-13-4)5-10-2(15-14-5)1-9-11-6(8)17/h1H,(H2,7,13)(H3,8,11,17). The summed E-state index contributed by atoms with van der Waals surface area (Å²) in [6.45, 7) is 0. The van der Waals surface area contributed by atoms with Crippen LogP contribution in [-0.2, 0) is 0 Å². The van der Waals surface area contributed by atoms with Crippen molar-refractivity contribution in [3.8, 4) is 11.5 Å². The Morgan fingerprint density at radius 1 is 1.41 bits per heavy atom. The number of anilines is 1. The molecule has 88 valence electrons. The van der Waals surface area contributed by atoms with E-state index in [0.717, 1.165) is 0 Å². The van der Waals surface area contributed by atoms with E-state index in [2.05, 4.69) is 47.8 Å². The van der Waals surface area contributed by atoms with Crippen LogP contribution in [0, 0.1) is 0 Å². The van der Waals surface area contributed by atoms with Gasteiger partial charge in [-0.1, -0.05) is 5.16 Å². The summed E-state index contributed by atoms with van der Waals surface area (Å²) >= 11 is 4.54. The second-order valence-corrected chi connectivity index (χ2v) is 3.13. The summed E-state index contributed by atoms with van der Waals surface area (Å²) in [5.41, 5.74) is 13.1. The molecule has 0 radical (unpaired) electrons. The van der Waals surface area contributed by atoms with Crippen LogP contribution in [0.15, 0.2) is 14.3 Å². The minimum absolute atomic E-state index is 0.0194. The van der Waals surface area contributed by atoms with E-state index >= 15 is 0 Å². The monoisotopic (exact) mass is 254 g/mol. The smallest absolute Gasteiger partial charge is 0.271 e. The van der Waals surface area contributed by atoms with Gasteiger partial charge in [0.15, 0.2) is 16.6 Å². The molecular formula is C6H6N8O2S. The first-order valence-corrected chi connectivity index (χ1v) is 4.58. The lowest BCUT2D eigenvalue weighted by Crippen LogP contribution is -2.24. The number of hydrogen-bond acceptors (Lipinski definition) is 9. The number of nitrogens with one attached hydrogen (secondary N) is 1. The molecule has 0 amide bonds. The van der Waals surface area contributed by atoms with Gasteiger partial charge in [0.1, 0.15) is 6.21 Å². The fourth-order valence-corrected chi connectivity index (χ4v) is 0.938. The Morgan fingerprint density at radius 3 is 2.88 bits per heavy atom. The van der Waals surface area contributed by atoms with E-state index in [4.69, 9.17) is 16.0 Å². The Morgan fingerprint density at radius 2 is 2.24 bits per heavy atom. The molecule has 2 heterocycles. The van der Waals surface area contributed by atoms with Crippen LogP contribution < -0.4 is 16.9 Å². The molecule has 0 atom stereocenters. The maximum Gasteiger partial charge on any atom is 0.271 e. The molecule has 0 saturated heterocycles. The SMILES string of the molecule is NC(=S)NN=Cc1nc(-c2nonc2N)no1. The zero-order valence-corrected chi connectivity index (χ0v) is 9.01. The van der Waals surface area contributed by atoms with E-state index in [1.807, 2.05) is 0 Å². The second kappa shape index (κ2) is 4.52. The molecule has 0 aliphatic heterocycles. The zero-order valence-electron chi connectivity index (χ0n) is 8.19. The zero-order chi connectivity index (χ0) is 12.3. The Kier molecular flexibility index (Phi) is 2.91. The third kappa shape index (κ3) is 2.52. The van der Waals surface area contributed by atoms with Crippen LogP contribution in [0.3, 0.4) is 0 Å².